The van der Waals surface area contributed by atoms with Gasteiger partial charge in [-0.2, -0.15) is 0 Å². The molecule has 18 heavy (non-hydrogen) atoms. The van der Waals surface area contributed by atoms with E-state index in [1.807, 2.05) is 12.3 Å². The highest BCUT2D eigenvalue weighted by atomic mass is 15.0. The molecule has 3 heteroatoms. The molecule has 1 saturated carbocycles. The number of pyridine rings is 1. The second-order valence-corrected chi connectivity index (χ2v) is 5.29. The summed E-state index contributed by atoms with van der Waals surface area (Å²) in [5, 5.41) is 7.02. The Labute approximate surface area is 110 Å². The van der Waals surface area contributed by atoms with Gasteiger partial charge >= 0.3 is 0 Å². The van der Waals surface area contributed by atoms with Crippen molar-refractivity contribution in [3.05, 3.63) is 23.9 Å². The van der Waals surface area contributed by atoms with Crippen LogP contribution in [-0.4, -0.2) is 24.1 Å². The molecule has 0 radical (unpaired) electrons. The fourth-order valence-corrected chi connectivity index (χ4v) is 2.58. The van der Waals surface area contributed by atoms with Crippen LogP contribution < -0.4 is 10.6 Å². The molecule has 1 aliphatic rings. The van der Waals surface area contributed by atoms with Crippen LogP contribution in [0.5, 0.6) is 0 Å². The van der Waals surface area contributed by atoms with Crippen molar-refractivity contribution in [3.63, 3.8) is 0 Å². The number of aromatic nitrogens is 1. The first-order valence-electron chi connectivity index (χ1n) is 7.24. The molecule has 0 atom stereocenters. The van der Waals surface area contributed by atoms with Crippen LogP contribution in [0.3, 0.4) is 0 Å². The molecule has 0 bridgehead atoms. The molecule has 0 aromatic carbocycles. The van der Waals surface area contributed by atoms with Crippen molar-refractivity contribution in [3.8, 4) is 0 Å². The quantitative estimate of drug-likeness (QED) is 0.620. The fourth-order valence-electron chi connectivity index (χ4n) is 2.58. The first-order valence-corrected chi connectivity index (χ1v) is 7.24. The maximum absolute atomic E-state index is 4.30. The Hall–Kier alpha value is -1.09. The number of anilines is 1. The zero-order chi connectivity index (χ0) is 12.6. The Morgan fingerprint density at radius 3 is 2.67 bits per heavy atom. The van der Waals surface area contributed by atoms with Crippen LogP contribution in [0.4, 0.5) is 5.82 Å². The third-order valence-corrected chi connectivity index (χ3v) is 3.63. The lowest BCUT2D eigenvalue weighted by molar-refractivity contribution is 0.468. The van der Waals surface area contributed by atoms with Crippen molar-refractivity contribution in [2.75, 3.05) is 18.4 Å². The first kappa shape index (κ1) is 13.3. The van der Waals surface area contributed by atoms with Crippen LogP contribution in [-0.2, 0) is 0 Å². The smallest absolute Gasteiger partial charge is 0.126 e. The van der Waals surface area contributed by atoms with Gasteiger partial charge in [-0.15, -0.1) is 0 Å². The third kappa shape index (κ3) is 4.65. The average Bonchev–Trinajstić information content (AvgIpc) is 2.63. The molecule has 0 saturated heterocycles. The minimum absolute atomic E-state index is 0.736. The van der Waals surface area contributed by atoms with E-state index in [9.17, 15) is 0 Å². The number of nitrogens with one attached hydrogen (secondary N) is 2. The van der Waals surface area contributed by atoms with Crippen LogP contribution in [0, 0.1) is 6.92 Å². The maximum Gasteiger partial charge on any atom is 0.126 e. The summed E-state index contributed by atoms with van der Waals surface area (Å²) in [4.78, 5) is 4.30. The predicted octanol–water partition coefficient (Wildman–Crippen LogP) is 3.11. The Bertz CT molecular complexity index is 343. The molecule has 0 spiro atoms. The van der Waals surface area contributed by atoms with Crippen LogP contribution in [0.1, 0.15) is 44.1 Å². The molecule has 2 rings (SSSR count). The van der Waals surface area contributed by atoms with Crippen LogP contribution in [0.15, 0.2) is 18.3 Å². The maximum atomic E-state index is 4.30. The largest absolute Gasteiger partial charge is 0.369 e. The second-order valence-electron chi connectivity index (χ2n) is 5.29. The SMILES string of the molecule is Cc1ccnc(NCCNC2CCCCCC2)c1. The topological polar surface area (TPSA) is 37.0 Å². The Morgan fingerprint density at radius 2 is 1.94 bits per heavy atom. The van der Waals surface area contributed by atoms with E-state index in [0.717, 1.165) is 24.9 Å². The molecule has 2 N–H and O–H groups in total. The van der Waals surface area contributed by atoms with Crippen LogP contribution >= 0.6 is 0 Å². The summed E-state index contributed by atoms with van der Waals surface area (Å²) in [6, 6.07) is 4.85. The normalized spacial score (nSPS) is 17.4. The number of rotatable bonds is 5. The molecule has 1 aliphatic carbocycles. The van der Waals surface area contributed by atoms with Gasteiger partial charge in [-0.05, 0) is 37.5 Å². The van der Waals surface area contributed by atoms with E-state index in [1.54, 1.807) is 0 Å². The zero-order valence-corrected chi connectivity index (χ0v) is 11.4. The lowest BCUT2D eigenvalue weighted by Gasteiger charge is -2.16. The highest BCUT2D eigenvalue weighted by Gasteiger charge is 2.10. The zero-order valence-electron chi connectivity index (χ0n) is 11.4. The average molecular weight is 247 g/mol. The molecule has 0 unspecified atom stereocenters. The Balaban J connectivity index is 1.63. The summed E-state index contributed by atoms with van der Waals surface area (Å²) in [5.74, 6) is 0.984. The lowest BCUT2D eigenvalue weighted by Crippen LogP contribution is -2.32. The van der Waals surface area contributed by atoms with E-state index in [1.165, 1.54) is 44.1 Å². The van der Waals surface area contributed by atoms with Crippen molar-refractivity contribution in [2.24, 2.45) is 0 Å². The molecular formula is C15H25N3. The summed E-state index contributed by atoms with van der Waals surface area (Å²) in [5.41, 5.74) is 1.25. The Morgan fingerprint density at radius 1 is 1.17 bits per heavy atom. The van der Waals surface area contributed by atoms with Crippen molar-refractivity contribution < 1.29 is 0 Å². The molecule has 0 amide bonds. The van der Waals surface area contributed by atoms with E-state index >= 15 is 0 Å². The standard InChI is InChI=1S/C15H25N3/c1-13-8-9-17-15(12-13)18-11-10-16-14-6-4-2-3-5-7-14/h8-9,12,14,16H,2-7,10-11H2,1H3,(H,17,18). The molecule has 1 aromatic rings. The van der Waals surface area contributed by atoms with E-state index in [2.05, 4.69) is 28.6 Å². The van der Waals surface area contributed by atoms with Crippen LogP contribution in [0.2, 0.25) is 0 Å². The van der Waals surface area contributed by atoms with Gasteiger partial charge in [0.15, 0.2) is 0 Å². The number of aryl methyl sites for hydroxylation is 1. The van der Waals surface area contributed by atoms with Crippen molar-refractivity contribution in [1.82, 2.24) is 10.3 Å². The van der Waals surface area contributed by atoms with E-state index in [4.69, 9.17) is 0 Å². The van der Waals surface area contributed by atoms with Crippen molar-refractivity contribution in [1.29, 1.82) is 0 Å². The molecule has 1 fully saturated rings. The molecule has 1 aromatic heterocycles. The monoisotopic (exact) mass is 247 g/mol. The predicted molar refractivity (Wildman–Crippen MR) is 77.0 cm³/mol. The summed E-state index contributed by atoms with van der Waals surface area (Å²) >= 11 is 0. The molecule has 0 aliphatic heterocycles. The molecule has 3 nitrogen and oxygen atoms in total. The number of hydrogen-bond acceptors (Lipinski definition) is 3. The molecule has 1 heterocycles. The van der Waals surface area contributed by atoms with E-state index in [0.29, 0.717) is 0 Å². The van der Waals surface area contributed by atoms with Gasteiger partial charge in [-0.1, -0.05) is 25.7 Å². The summed E-state index contributed by atoms with van der Waals surface area (Å²) < 4.78 is 0. The van der Waals surface area contributed by atoms with Gasteiger partial charge in [-0.3, -0.25) is 0 Å². The fraction of sp³-hybridized carbons (Fsp3) is 0.667. The minimum Gasteiger partial charge on any atom is -0.369 e. The van der Waals surface area contributed by atoms with Gasteiger partial charge in [0.2, 0.25) is 0 Å². The Kier molecular flexibility index (Phi) is 5.46. The third-order valence-electron chi connectivity index (χ3n) is 3.63. The van der Waals surface area contributed by atoms with Gasteiger partial charge in [0.05, 0.1) is 0 Å². The van der Waals surface area contributed by atoms with Gasteiger partial charge in [0.1, 0.15) is 5.82 Å². The summed E-state index contributed by atoms with van der Waals surface area (Å²) in [6.45, 7) is 4.07. The first-order chi connectivity index (χ1) is 8.84. The highest BCUT2D eigenvalue weighted by molar-refractivity contribution is 5.36. The highest BCUT2D eigenvalue weighted by Crippen LogP contribution is 2.16. The van der Waals surface area contributed by atoms with Crippen LogP contribution in [0.25, 0.3) is 0 Å². The van der Waals surface area contributed by atoms with Crippen molar-refractivity contribution in [2.45, 2.75) is 51.5 Å². The van der Waals surface area contributed by atoms with Gasteiger partial charge in [0.25, 0.3) is 0 Å². The van der Waals surface area contributed by atoms with Gasteiger partial charge < -0.3 is 10.6 Å². The van der Waals surface area contributed by atoms with Gasteiger partial charge in [0, 0.05) is 25.3 Å². The second kappa shape index (κ2) is 7.37. The molecule has 100 valence electrons. The minimum atomic E-state index is 0.736. The van der Waals surface area contributed by atoms with Gasteiger partial charge in [-0.25, -0.2) is 4.98 Å². The number of nitrogens with zero attached hydrogens (tertiary/aromatic N) is 1. The van der Waals surface area contributed by atoms with Crippen molar-refractivity contribution >= 4 is 5.82 Å². The van der Waals surface area contributed by atoms with E-state index in [-0.39, 0.29) is 0 Å². The summed E-state index contributed by atoms with van der Waals surface area (Å²) in [6.07, 6.45) is 10.2. The summed E-state index contributed by atoms with van der Waals surface area (Å²) in [7, 11) is 0. The molecular weight excluding hydrogens is 222 g/mol. The number of hydrogen-bond donors (Lipinski definition) is 2. The lowest BCUT2D eigenvalue weighted by atomic mass is 10.1. The van der Waals surface area contributed by atoms with E-state index < -0.39 is 0 Å².